The number of hydrogen-bond donors (Lipinski definition) is 2. The zero-order valence-electron chi connectivity index (χ0n) is 23.0. The average molecular weight is 515 g/mol. The van der Waals surface area contributed by atoms with Crippen LogP contribution in [0.25, 0.3) is 11.1 Å². The second-order valence-corrected chi connectivity index (χ2v) is 10.3. The summed E-state index contributed by atoms with van der Waals surface area (Å²) in [7, 11) is 7.77. The van der Waals surface area contributed by atoms with E-state index in [-0.39, 0.29) is 11.8 Å². The Hall–Kier alpha value is -3.68. The summed E-state index contributed by atoms with van der Waals surface area (Å²) in [6.07, 6.45) is 1.08. The second kappa shape index (κ2) is 12.2. The molecule has 200 valence electrons. The smallest absolute Gasteiger partial charge is 0.255 e. The molecule has 0 aliphatic carbocycles. The van der Waals surface area contributed by atoms with E-state index in [0.29, 0.717) is 23.6 Å². The lowest BCUT2D eigenvalue weighted by Crippen LogP contribution is -2.31. The van der Waals surface area contributed by atoms with E-state index >= 15 is 0 Å². The van der Waals surface area contributed by atoms with Crippen molar-refractivity contribution in [1.29, 1.82) is 0 Å². The third-order valence-electron chi connectivity index (χ3n) is 7.11. The van der Waals surface area contributed by atoms with Gasteiger partial charge in [0.15, 0.2) is 0 Å². The zero-order chi connectivity index (χ0) is 27.2. The number of rotatable bonds is 9. The summed E-state index contributed by atoms with van der Waals surface area (Å²) >= 11 is 0. The van der Waals surface area contributed by atoms with E-state index in [1.54, 1.807) is 7.11 Å². The molecule has 0 bridgehead atoms. The lowest BCUT2D eigenvalue weighted by molar-refractivity contribution is 0.0950. The Morgan fingerprint density at radius 1 is 1.00 bits per heavy atom. The molecule has 2 amide bonds. The number of aryl methyl sites for hydroxylation is 1. The van der Waals surface area contributed by atoms with Crippen LogP contribution in [-0.2, 0) is 0 Å². The molecule has 0 spiro atoms. The molecule has 1 heterocycles. The van der Waals surface area contributed by atoms with Crippen molar-refractivity contribution in [2.75, 3.05) is 59.7 Å². The molecule has 4 rings (SSSR count). The normalized spacial score (nSPS) is 15.5. The topological polar surface area (TPSA) is 73.9 Å². The summed E-state index contributed by atoms with van der Waals surface area (Å²) < 4.78 is 5.59. The van der Waals surface area contributed by atoms with Crippen molar-refractivity contribution in [1.82, 2.24) is 15.1 Å². The predicted octanol–water partition coefficient (Wildman–Crippen LogP) is 4.63. The molecule has 0 radical (unpaired) electrons. The van der Waals surface area contributed by atoms with Crippen LogP contribution in [0, 0.1) is 6.92 Å². The maximum absolute atomic E-state index is 13.0. The molecule has 0 aromatic heterocycles. The fourth-order valence-corrected chi connectivity index (χ4v) is 4.95. The summed E-state index contributed by atoms with van der Waals surface area (Å²) in [5, 5.41) is 5.99. The van der Waals surface area contributed by atoms with Crippen molar-refractivity contribution < 1.29 is 14.3 Å². The molecule has 7 heteroatoms. The first-order valence-corrected chi connectivity index (χ1v) is 13.1. The van der Waals surface area contributed by atoms with E-state index in [9.17, 15) is 9.59 Å². The highest BCUT2D eigenvalue weighted by Crippen LogP contribution is 2.35. The van der Waals surface area contributed by atoms with Gasteiger partial charge >= 0.3 is 0 Å². The summed E-state index contributed by atoms with van der Waals surface area (Å²) in [6.45, 7) is 5.43. The maximum Gasteiger partial charge on any atom is 0.255 e. The lowest BCUT2D eigenvalue weighted by Gasteiger charge is -2.17. The van der Waals surface area contributed by atoms with E-state index in [0.717, 1.165) is 59.7 Å². The van der Waals surface area contributed by atoms with E-state index in [1.165, 1.54) is 0 Å². The molecule has 7 nitrogen and oxygen atoms in total. The predicted molar refractivity (Wildman–Crippen MR) is 153 cm³/mol. The zero-order valence-corrected chi connectivity index (χ0v) is 23.0. The minimum absolute atomic E-state index is 0.0739. The minimum atomic E-state index is -0.155. The largest absolute Gasteiger partial charge is 0.496 e. The van der Waals surface area contributed by atoms with Gasteiger partial charge in [-0.1, -0.05) is 18.2 Å². The molecular weight excluding hydrogens is 476 g/mol. The first kappa shape index (κ1) is 27.4. The number of likely N-dealkylation sites (tertiary alicyclic amines) is 1. The Balaban J connectivity index is 1.43. The molecule has 2 N–H and O–H groups in total. The number of nitrogens with zero attached hydrogens (tertiary/aromatic N) is 2. The van der Waals surface area contributed by atoms with Gasteiger partial charge in [-0.05, 0) is 100 Å². The highest BCUT2D eigenvalue weighted by atomic mass is 16.5. The SMILES string of the molecule is COc1ccc(NC(=O)c2ccc(-c3ccc(C(=O)NCCN(C)C)cc3C)cc2)cc1C1CCN(C)C1. The van der Waals surface area contributed by atoms with Gasteiger partial charge in [-0.2, -0.15) is 0 Å². The number of ether oxygens (including phenoxy) is 1. The number of methoxy groups -OCH3 is 1. The van der Waals surface area contributed by atoms with Crippen LogP contribution in [0.5, 0.6) is 5.75 Å². The first-order chi connectivity index (χ1) is 18.2. The van der Waals surface area contributed by atoms with Gasteiger partial charge in [0.05, 0.1) is 7.11 Å². The summed E-state index contributed by atoms with van der Waals surface area (Å²) in [5.74, 6) is 1.03. The highest BCUT2D eigenvalue weighted by Gasteiger charge is 2.24. The minimum Gasteiger partial charge on any atom is -0.496 e. The molecule has 0 saturated carbocycles. The molecule has 1 aliphatic rings. The third kappa shape index (κ3) is 6.60. The van der Waals surface area contributed by atoms with Crippen molar-refractivity contribution >= 4 is 17.5 Å². The van der Waals surface area contributed by atoms with Gasteiger partial charge < -0.3 is 25.2 Å². The van der Waals surface area contributed by atoms with Gasteiger partial charge in [0, 0.05) is 47.9 Å². The van der Waals surface area contributed by atoms with Crippen molar-refractivity contribution in [2.24, 2.45) is 0 Å². The van der Waals surface area contributed by atoms with Crippen molar-refractivity contribution in [3.05, 3.63) is 82.9 Å². The second-order valence-electron chi connectivity index (χ2n) is 10.3. The number of anilines is 1. The van der Waals surface area contributed by atoms with Gasteiger partial charge in [-0.15, -0.1) is 0 Å². The van der Waals surface area contributed by atoms with Crippen LogP contribution in [0.2, 0.25) is 0 Å². The van der Waals surface area contributed by atoms with Crippen LogP contribution in [0.15, 0.2) is 60.7 Å². The summed E-state index contributed by atoms with van der Waals surface area (Å²) in [6, 6.07) is 19.1. The number of carbonyl (C=O) groups is 2. The molecule has 1 atom stereocenters. The van der Waals surface area contributed by atoms with Gasteiger partial charge in [0.25, 0.3) is 11.8 Å². The van der Waals surface area contributed by atoms with Crippen molar-refractivity contribution in [3.8, 4) is 16.9 Å². The number of amides is 2. The fourth-order valence-electron chi connectivity index (χ4n) is 4.95. The fraction of sp³-hybridized carbons (Fsp3) is 0.355. The third-order valence-corrected chi connectivity index (χ3v) is 7.11. The van der Waals surface area contributed by atoms with Gasteiger partial charge in [-0.25, -0.2) is 0 Å². The lowest BCUT2D eigenvalue weighted by atomic mass is 9.96. The molecule has 1 aliphatic heterocycles. The van der Waals surface area contributed by atoms with E-state index < -0.39 is 0 Å². The average Bonchev–Trinajstić information content (AvgIpc) is 3.34. The number of nitrogens with one attached hydrogen (secondary N) is 2. The number of carbonyl (C=O) groups excluding carboxylic acids is 2. The van der Waals surface area contributed by atoms with Crippen molar-refractivity contribution in [3.63, 3.8) is 0 Å². The number of hydrogen-bond acceptors (Lipinski definition) is 5. The molecule has 3 aromatic carbocycles. The van der Waals surface area contributed by atoms with E-state index in [2.05, 4.69) is 22.6 Å². The van der Waals surface area contributed by atoms with Gasteiger partial charge in [0.2, 0.25) is 0 Å². The Labute approximate surface area is 225 Å². The highest BCUT2D eigenvalue weighted by molar-refractivity contribution is 6.04. The quantitative estimate of drug-likeness (QED) is 0.436. The Morgan fingerprint density at radius 3 is 2.37 bits per heavy atom. The monoisotopic (exact) mass is 514 g/mol. The Bertz CT molecular complexity index is 1290. The van der Waals surface area contributed by atoms with E-state index in [4.69, 9.17) is 4.74 Å². The molecule has 1 saturated heterocycles. The molecular formula is C31H38N4O3. The number of likely N-dealkylation sites (N-methyl/N-ethyl adjacent to an activating group) is 2. The van der Waals surface area contributed by atoms with E-state index in [1.807, 2.05) is 86.6 Å². The maximum atomic E-state index is 13.0. The van der Waals surface area contributed by atoms with Crippen LogP contribution in [0.3, 0.4) is 0 Å². The van der Waals surface area contributed by atoms with Crippen LogP contribution < -0.4 is 15.4 Å². The molecule has 1 unspecified atom stereocenters. The van der Waals surface area contributed by atoms with Gasteiger partial charge in [0.1, 0.15) is 5.75 Å². The summed E-state index contributed by atoms with van der Waals surface area (Å²) in [4.78, 5) is 29.8. The van der Waals surface area contributed by atoms with Crippen LogP contribution in [0.4, 0.5) is 5.69 Å². The Kier molecular flexibility index (Phi) is 8.81. The number of benzene rings is 3. The molecule has 38 heavy (non-hydrogen) atoms. The van der Waals surface area contributed by atoms with Crippen LogP contribution in [0.1, 0.15) is 44.2 Å². The standard InChI is InChI=1S/C31H38N4O3/c1-21-18-24(30(36)32-15-17-34(2)3)10-12-27(21)22-6-8-23(9-7-22)31(37)33-26-11-13-29(38-5)28(19-26)25-14-16-35(4)20-25/h6-13,18-19,25H,14-17,20H2,1-5H3,(H,32,36)(H,33,37). The van der Waals surface area contributed by atoms with Crippen LogP contribution in [-0.4, -0.2) is 76.0 Å². The summed E-state index contributed by atoms with van der Waals surface area (Å²) in [5.41, 5.74) is 6.16. The van der Waals surface area contributed by atoms with Crippen molar-refractivity contribution in [2.45, 2.75) is 19.3 Å². The van der Waals surface area contributed by atoms with Gasteiger partial charge in [-0.3, -0.25) is 9.59 Å². The Morgan fingerprint density at radius 2 is 1.74 bits per heavy atom. The first-order valence-electron chi connectivity index (χ1n) is 13.1. The van der Waals surface area contributed by atoms with Crippen LogP contribution >= 0.6 is 0 Å². The molecule has 1 fully saturated rings. The molecule has 3 aromatic rings.